The Kier molecular flexibility index (Phi) is 7.34. The lowest BCUT2D eigenvalue weighted by molar-refractivity contribution is -0.134. The van der Waals surface area contributed by atoms with Gasteiger partial charge in [-0.15, -0.1) is 0 Å². The summed E-state index contributed by atoms with van der Waals surface area (Å²) < 4.78 is 5.38. The normalized spacial score (nSPS) is 12.9. The molecule has 1 amide bonds. The predicted molar refractivity (Wildman–Crippen MR) is 61.6 cm³/mol. The number of likely N-dealkylation sites (N-methyl/N-ethyl adjacent to an activating group) is 1. The number of carbonyl (C=O) groups excluding carboxylic acids is 1. The highest BCUT2D eigenvalue weighted by molar-refractivity contribution is 5.78. The van der Waals surface area contributed by atoms with Crippen molar-refractivity contribution in [3.05, 3.63) is 0 Å². The van der Waals surface area contributed by atoms with Gasteiger partial charge >= 0.3 is 0 Å². The number of hydrogen-bond acceptors (Lipinski definition) is 3. The van der Waals surface area contributed by atoms with E-state index in [0.29, 0.717) is 19.7 Å². The maximum Gasteiger partial charge on any atom is 0.226 e. The Morgan fingerprint density at radius 3 is 2.47 bits per heavy atom. The van der Waals surface area contributed by atoms with Crippen LogP contribution >= 0.6 is 0 Å². The van der Waals surface area contributed by atoms with Crippen molar-refractivity contribution in [2.75, 3.05) is 26.7 Å². The van der Waals surface area contributed by atoms with E-state index in [1.807, 2.05) is 20.8 Å². The second-order valence-electron chi connectivity index (χ2n) is 4.02. The summed E-state index contributed by atoms with van der Waals surface area (Å²) >= 11 is 0. The zero-order chi connectivity index (χ0) is 11.8. The Morgan fingerprint density at radius 1 is 1.47 bits per heavy atom. The zero-order valence-corrected chi connectivity index (χ0v) is 10.3. The number of carbonyl (C=O) groups is 1. The second-order valence-corrected chi connectivity index (χ2v) is 4.02. The van der Waals surface area contributed by atoms with Crippen molar-refractivity contribution in [3.63, 3.8) is 0 Å². The van der Waals surface area contributed by atoms with Gasteiger partial charge in [0, 0.05) is 20.1 Å². The SMILES string of the molecule is CCC(CN)C(=O)N(C)CCOC(C)C. The molecule has 90 valence electrons. The van der Waals surface area contributed by atoms with Gasteiger partial charge in [-0.25, -0.2) is 0 Å². The maximum absolute atomic E-state index is 11.8. The van der Waals surface area contributed by atoms with Crippen LogP contribution in [0.25, 0.3) is 0 Å². The highest BCUT2D eigenvalue weighted by atomic mass is 16.5. The van der Waals surface area contributed by atoms with Crippen molar-refractivity contribution in [1.82, 2.24) is 4.90 Å². The molecule has 0 saturated carbocycles. The molecule has 0 fully saturated rings. The lowest BCUT2D eigenvalue weighted by Crippen LogP contribution is -2.38. The van der Waals surface area contributed by atoms with Gasteiger partial charge in [-0.1, -0.05) is 6.92 Å². The first-order chi connectivity index (χ1) is 7.02. The van der Waals surface area contributed by atoms with Crippen molar-refractivity contribution in [2.45, 2.75) is 33.3 Å². The molecule has 0 radical (unpaired) electrons. The Bertz CT molecular complexity index is 179. The summed E-state index contributed by atoms with van der Waals surface area (Å²) in [6, 6.07) is 0. The standard InChI is InChI=1S/C11H24N2O2/c1-5-10(8-12)11(14)13(4)6-7-15-9(2)3/h9-10H,5-8,12H2,1-4H3. The molecule has 0 bridgehead atoms. The Balaban J connectivity index is 3.87. The van der Waals surface area contributed by atoms with Crippen LogP contribution in [0, 0.1) is 5.92 Å². The first kappa shape index (κ1) is 14.4. The Labute approximate surface area is 92.8 Å². The Morgan fingerprint density at radius 2 is 2.07 bits per heavy atom. The zero-order valence-electron chi connectivity index (χ0n) is 10.3. The number of rotatable bonds is 7. The van der Waals surface area contributed by atoms with Crippen molar-refractivity contribution in [1.29, 1.82) is 0 Å². The fourth-order valence-corrected chi connectivity index (χ4v) is 1.29. The molecule has 2 N–H and O–H groups in total. The summed E-state index contributed by atoms with van der Waals surface area (Å²) in [5.74, 6) is 0.0707. The number of hydrogen-bond donors (Lipinski definition) is 1. The van der Waals surface area contributed by atoms with Gasteiger partial charge in [0.2, 0.25) is 5.91 Å². The van der Waals surface area contributed by atoms with Crippen LogP contribution in [0.1, 0.15) is 27.2 Å². The molecule has 0 heterocycles. The molecule has 1 unspecified atom stereocenters. The van der Waals surface area contributed by atoms with Gasteiger partial charge in [-0.2, -0.15) is 0 Å². The lowest BCUT2D eigenvalue weighted by Gasteiger charge is -2.22. The Hall–Kier alpha value is -0.610. The third kappa shape index (κ3) is 5.74. The first-order valence-electron chi connectivity index (χ1n) is 5.59. The van der Waals surface area contributed by atoms with Crippen LogP contribution in [0.5, 0.6) is 0 Å². The van der Waals surface area contributed by atoms with Gasteiger partial charge in [0.05, 0.1) is 18.6 Å². The van der Waals surface area contributed by atoms with Gasteiger partial charge in [0.15, 0.2) is 0 Å². The van der Waals surface area contributed by atoms with E-state index in [9.17, 15) is 4.79 Å². The molecular weight excluding hydrogens is 192 g/mol. The van der Waals surface area contributed by atoms with Gasteiger partial charge < -0.3 is 15.4 Å². The minimum Gasteiger partial charge on any atom is -0.377 e. The number of ether oxygens (including phenoxy) is 1. The van der Waals surface area contributed by atoms with Crippen molar-refractivity contribution >= 4 is 5.91 Å². The summed E-state index contributed by atoms with van der Waals surface area (Å²) in [6.07, 6.45) is 1.01. The molecule has 0 aromatic heterocycles. The molecule has 0 aromatic carbocycles. The summed E-state index contributed by atoms with van der Waals surface area (Å²) in [4.78, 5) is 13.5. The summed E-state index contributed by atoms with van der Waals surface area (Å²) in [6.45, 7) is 7.58. The van der Waals surface area contributed by atoms with Crippen molar-refractivity contribution < 1.29 is 9.53 Å². The van der Waals surface area contributed by atoms with E-state index in [1.165, 1.54) is 0 Å². The largest absolute Gasteiger partial charge is 0.377 e. The topological polar surface area (TPSA) is 55.6 Å². The average Bonchev–Trinajstić information content (AvgIpc) is 2.18. The van der Waals surface area contributed by atoms with Crippen LogP contribution in [0.15, 0.2) is 0 Å². The minimum atomic E-state index is -0.0472. The average molecular weight is 216 g/mol. The molecule has 0 aliphatic rings. The monoisotopic (exact) mass is 216 g/mol. The van der Waals surface area contributed by atoms with E-state index in [0.717, 1.165) is 6.42 Å². The molecule has 0 aromatic rings. The minimum absolute atomic E-state index is 0.0472. The molecule has 0 spiro atoms. The van der Waals surface area contributed by atoms with Gasteiger partial charge in [0.1, 0.15) is 0 Å². The van der Waals surface area contributed by atoms with E-state index in [4.69, 9.17) is 10.5 Å². The lowest BCUT2D eigenvalue weighted by atomic mass is 10.1. The number of amides is 1. The summed E-state index contributed by atoms with van der Waals surface area (Å²) in [5.41, 5.74) is 5.52. The molecule has 4 nitrogen and oxygen atoms in total. The van der Waals surface area contributed by atoms with Gasteiger partial charge in [-0.3, -0.25) is 4.79 Å². The van der Waals surface area contributed by atoms with Crippen LogP contribution in [0.4, 0.5) is 0 Å². The third-order valence-electron chi connectivity index (χ3n) is 2.38. The highest BCUT2D eigenvalue weighted by Crippen LogP contribution is 2.04. The molecule has 1 atom stereocenters. The van der Waals surface area contributed by atoms with E-state index < -0.39 is 0 Å². The smallest absolute Gasteiger partial charge is 0.226 e. The molecule has 4 heteroatoms. The first-order valence-corrected chi connectivity index (χ1v) is 5.59. The molecule has 0 rings (SSSR count). The van der Waals surface area contributed by atoms with E-state index >= 15 is 0 Å². The van der Waals surface area contributed by atoms with Gasteiger partial charge in [0.25, 0.3) is 0 Å². The fourth-order valence-electron chi connectivity index (χ4n) is 1.29. The molecular formula is C11H24N2O2. The summed E-state index contributed by atoms with van der Waals surface area (Å²) in [5, 5.41) is 0. The second kappa shape index (κ2) is 7.65. The molecule has 15 heavy (non-hydrogen) atoms. The van der Waals surface area contributed by atoms with Crippen LogP contribution in [-0.2, 0) is 9.53 Å². The van der Waals surface area contributed by atoms with E-state index in [-0.39, 0.29) is 17.9 Å². The van der Waals surface area contributed by atoms with Crippen LogP contribution in [0.3, 0.4) is 0 Å². The van der Waals surface area contributed by atoms with Crippen LogP contribution < -0.4 is 5.73 Å². The summed E-state index contributed by atoms with van der Waals surface area (Å²) in [7, 11) is 1.80. The van der Waals surface area contributed by atoms with Crippen molar-refractivity contribution in [2.24, 2.45) is 11.7 Å². The van der Waals surface area contributed by atoms with Crippen molar-refractivity contribution in [3.8, 4) is 0 Å². The maximum atomic E-state index is 11.8. The number of nitrogens with two attached hydrogens (primary N) is 1. The third-order valence-corrected chi connectivity index (χ3v) is 2.38. The van der Waals surface area contributed by atoms with Crippen LogP contribution in [-0.4, -0.2) is 43.7 Å². The molecule has 0 saturated heterocycles. The fraction of sp³-hybridized carbons (Fsp3) is 0.909. The molecule has 0 aliphatic heterocycles. The van der Waals surface area contributed by atoms with Crippen LogP contribution in [0.2, 0.25) is 0 Å². The van der Waals surface area contributed by atoms with Gasteiger partial charge in [-0.05, 0) is 20.3 Å². The predicted octanol–water partition coefficient (Wildman–Crippen LogP) is 0.855. The number of nitrogens with zero attached hydrogens (tertiary/aromatic N) is 1. The highest BCUT2D eigenvalue weighted by Gasteiger charge is 2.18. The van der Waals surface area contributed by atoms with E-state index in [2.05, 4.69) is 0 Å². The van der Waals surface area contributed by atoms with E-state index in [1.54, 1.807) is 11.9 Å². The quantitative estimate of drug-likeness (QED) is 0.686. The molecule has 0 aliphatic carbocycles.